The maximum Gasteiger partial charge on any atom is 0.408 e. The van der Waals surface area contributed by atoms with E-state index in [4.69, 9.17) is 18.9 Å². The van der Waals surface area contributed by atoms with Crippen molar-refractivity contribution in [2.75, 3.05) is 20.8 Å². The average molecular weight is 471 g/mol. The molecule has 2 aromatic rings. The SMILES string of the molecule is COc1ccc(CN2C(=O)[C@H](N(Cc3ccccc3)C(=O)O)[C@@H]2[C@@H]2COC(C)(C)O2)c(OC)c1. The molecule has 9 nitrogen and oxygen atoms in total. The predicted molar refractivity (Wildman–Crippen MR) is 123 cm³/mol. The molecule has 2 aliphatic heterocycles. The van der Waals surface area contributed by atoms with E-state index in [1.54, 1.807) is 45.1 Å². The Kier molecular flexibility index (Phi) is 6.67. The summed E-state index contributed by atoms with van der Waals surface area (Å²) in [6.07, 6.45) is -1.63. The van der Waals surface area contributed by atoms with E-state index in [9.17, 15) is 14.7 Å². The molecule has 34 heavy (non-hydrogen) atoms. The molecular weight excluding hydrogens is 440 g/mol. The monoisotopic (exact) mass is 470 g/mol. The number of carbonyl (C=O) groups is 2. The molecule has 182 valence electrons. The topological polar surface area (TPSA) is 97.8 Å². The van der Waals surface area contributed by atoms with E-state index in [0.717, 1.165) is 11.1 Å². The molecule has 0 saturated carbocycles. The van der Waals surface area contributed by atoms with Gasteiger partial charge in [-0.3, -0.25) is 9.69 Å². The van der Waals surface area contributed by atoms with Gasteiger partial charge in [-0.2, -0.15) is 0 Å². The van der Waals surface area contributed by atoms with Crippen molar-refractivity contribution in [1.82, 2.24) is 9.80 Å². The minimum absolute atomic E-state index is 0.0970. The summed E-state index contributed by atoms with van der Waals surface area (Å²) in [5, 5.41) is 10.0. The van der Waals surface area contributed by atoms with Crippen LogP contribution in [-0.4, -0.2) is 71.7 Å². The fourth-order valence-electron chi connectivity index (χ4n) is 4.57. The highest BCUT2D eigenvalue weighted by atomic mass is 16.7. The lowest BCUT2D eigenvalue weighted by Crippen LogP contribution is -2.74. The Morgan fingerprint density at radius 2 is 1.91 bits per heavy atom. The fourth-order valence-corrected chi connectivity index (χ4v) is 4.57. The van der Waals surface area contributed by atoms with Crippen molar-refractivity contribution in [3.05, 3.63) is 59.7 Å². The van der Waals surface area contributed by atoms with Crippen LogP contribution in [0.25, 0.3) is 0 Å². The summed E-state index contributed by atoms with van der Waals surface area (Å²) < 4.78 is 22.6. The van der Waals surface area contributed by atoms with E-state index in [1.165, 1.54) is 4.90 Å². The van der Waals surface area contributed by atoms with Crippen molar-refractivity contribution >= 4 is 12.0 Å². The molecule has 2 heterocycles. The largest absolute Gasteiger partial charge is 0.497 e. The van der Waals surface area contributed by atoms with Gasteiger partial charge in [-0.05, 0) is 31.5 Å². The third kappa shape index (κ3) is 4.67. The van der Waals surface area contributed by atoms with E-state index in [1.807, 2.05) is 36.4 Å². The van der Waals surface area contributed by atoms with Crippen LogP contribution in [0.1, 0.15) is 25.0 Å². The molecule has 0 unspecified atom stereocenters. The van der Waals surface area contributed by atoms with Gasteiger partial charge in [0.25, 0.3) is 0 Å². The van der Waals surface area contributed by atoms with Crippen molar-refractivity contribution in [2.24, 2.45) is 0 Å². The van der Waals surface area contributed by atoms with Crippen molar-refractivity contribution < 1.29 is 33.6 Å². The average Bonchev–Trinajstić information content (AvgIpc) is 3.18. The zero-order valence-corrected chi connectivity index (χ0v) is 19.8. The molecule has 9 heteroatoms. The minimum atomic E-state index is -1.16. The quantitative estimate of drug-likeness (QED) is 0.592. The van der Waals surface area contributed by atoms with Crippen molar-refractivity contribution in [3.8, 4) is 11.5 Å². The molecule has 0 aliphatic carbocycles. The molecule has 0 radical (unpaired) electrons. The van der Waals surface area contributed by atoms with Crippen molar-refractivity contribution in [1.29, 1.82) is 0 Å². The van der Waals surface area contributed by atoms with Gasteiger partial charge >= 0.3 is 6.09 Å². The van der Waals surface area contributed by atoms with Crippen LogP contribution in [0, 0.1) is 0 Å². The summed E-state index contributed by atoms with van der Waals surface area (Å²) in [5.41, 5.74) is 1.58. The highest BCUT2D eigenvalue weighted by Crippen LogP contribution is 2.38. The summed E-state index contributed by atoms with van der Waals surface area (Å²) in [6.45, 7) is 4.21. The van der Waals surface area contributed by atoms with Crippen LogP contribution >= 0.6 is 0 Å². The number of hydrogen-bond donors (Lipinski definition) is 1. The number of carboxylic acid groups (broad SMARTS) is 1. The lowest BCUT2D eigenvalue weighted by molar-refractivity contribution is -0.182. The van der Waals surface area contributed by atoms with Gasteiger partial charge in [0.15, 0.2) is 5.79 Å². The first-order valence-electron chi connectivity index (χ1n) is 11.1. The molecule has 2 fully saturated rings. The van der Waals surface area contributed by atoms with E-state index in [2.05, 4.69) is 0 Å². The van der Waals surface area contributed by atoms with Crippen LogP contribution in [0.4, 0.5) is 4.79 Å². The van der Waals surface area contributed by atoms with Crippen molar-refractivity contribution in [2.45, 2.75) is 50.9 Å². The van der Waals surface area contributed by atoms with Crippen LogP contribution in [-0.2, 0) is 27.4 Å². The molecule has 0 spiro atoms. The minimum Gasteiger partial charge on any atom is -0.497 e. The van der Waals surface area contributed by atoms with Crippen LogP contribution in [0.5, 0.6) is 11.5 Å². The number of carbonyl (C=O) groups excluding carboxylic acids is 1. The van der Waals surface area contributed by atoms with Crippen LogP contribution < -0.4 is 9.47 Å². The fraction of sp³-hybridized carbons (Fsp3) is 0.440. The maximum atomic E-state index is 13.4. The zero-order chi connectivity index (χ0) is 24.5. The summed E-state index contributed by atoms with van der Waals surface area (Å²) in [6, 6.07) is 13.2. The van der Waals surface area contributed by atoms with Gasteiger partial charge in [0, 0.05) is 24.7 Å². The third-order valence-corrected chi connectivity index (χ3v) is 6.24. The first kappa shape index (κ1) is 23.8. The number of rotatable bonds is 8. The van der Waals surface area contributed by atoms with Gasteiger partial charge in [0.1, 0.15) is 23.6 Å². The Morgan fingerprint density at radius 1 is 1.18 bits per heavy atom. The van der Waals surface area contributed by atoms with E-state index < -0.39 is 30.1 Å². The Bertz CT molecular complexity index is 1040. The van der Waals surface area contributed by atoms with Gasteiger partial charge in [0.2, 0.25) is 5.91 Å². The summed E-state index contributed by atoms with van der Waals surface area (Å²) in [4.78, 5) is 28.5. The first-order valence-corrected chi connectivity index (χ1v) is 11.1. The zero-order valence-electron chi connectivity index (χ0n) is 19.8. The van der Waals surface area contributed by atoms with Crippen molar-refractivity contribution in [3.63, 3.8) is 0 Å². The van der Waals surface area contributed by atoms with Gasteiger partial charge in [0.05, 0.1) is 26.9 Å². The molecule has 2 aromatic carbocycles. The molecule has 0 aromatic heterocycles. The third-order valence-electron chi connectivity index (χ3n) is 6.24. The summed E-state index contributed by atoms with van der Waals surface area (Å²) in [5.74, 6) is 0.122. The van der Waals surface area contributed by atoms with Gasteiger partial charge in [-0.25, -0.2) is 4.79 Å². The molecule has 4 rings (SSSR count). The molecule has 1 N–H and O–H groups in total. The number of amides is 2. The van der Waals surface area contributed by atoms with E-state index >= 15 is 0 Å². The summed E-state index contributed by atoms with van der Waals surface area (Å²) in [7, 11) is 3.12. The number of benzene rings is 2. The first-order chi connectivity index (χ1) is 16.2. The lowest BCUT2D eigenvalue weighted by Gasteiger charge is -2.52. The molecular formula is C25H30N2O7. The molecule has 0 bridgehead atoms. The van der Waals surface area contributed by atoms with Crippen LogP contribution in [0.2, 0.25) is 0 Å². The normalized spacial score (nSPS) is 23.4. The van der Waals surface area contributed by atoms with E-state index in [-0.39, 0.29) is 25.6 Å². The number of nitrogens with zero attached hydrogens (tertiary/aromatic N) is 2. The number of likely N-dealkylation sites (tertiary alicyclic amines) is 1. The highest BCUT2D eigenvalue weighted by Gasteiger charge is 2.58. The second kappa shape index (κ2) is 9.52. The highest BCUT2D eigenvalue weighted by molar-refractivity contribution is 5.92. The molecule has 2 saturated heterocycles. The number of ether oxygens (including phenoxy) is 4. The van der Waals surface area contributed by atoms with Gasteiger partial charge in [-0.1, -0.05) is 30.3 Å². The van der Waals surface area contributed by atoms with E-state index in [0.29, 0.717) is 11.5 Å². The Balaban J connectivity index is 1.63. The maximum absolute atomic E-state index is 13.4. The Labute approximate surface area is 198 Å². The number of methoxy groups -OCH3 is 2. The Hall–Kier alpha value is -3.30. The summed E-state index contributed by atoms with van der Waals surface area (Å²) >= 11 is 0. The smallest absolute Gasteiger partial charge is 0.408 e. The lowest BCUT2D eigenvalue weighted by atomic mass is 9.87. The van der Waals surface area contributed by atoms with Gasteiger partial charge < -0.3 is 29.0 Å². The molecule has 2 amide bonds. The standard InChI is InChI=1S/C25H30N2O7/c1-25(2)33-15-20(34-25)21-22(27(24(29)30)13-16-8-6-5-7-9-16)23(28)26(21)14-17-10-11-18(31-3)12-19(17)32-4/h5-12,20-22H,13-15H2,1-4H3,(H,29,30)/t20-,21-,22+/m0/s1. The predicted octanol–water partition coefficient (Wildman–Crippen LogP) is 3.11. The molecule has 2 aliphatic rings. The second-order valence-corrected chi connectivity index (χ2v) is 8.84. The second-order valence-electron chi connectivity index (χ2n) is 8.84. The van der Waals surface area contributed by atoms with Gasteiger partial charge in [-0.15, -0.1) is 0 Å². The Morgan fingerprint density at radius 3 is 2.50 bits per heavy atom. The van der Waals surface area contributed by atoms with Crippen LogP contribution in [0.15, 0.2) is 48.5 Å². The van der Waals surface area contributed by atoms with Crippen LogP contribution in [0.3, 0.4) is 0 Å². The molecule has 3 atom stereocenters. The number of β-lactam (4-membered cyclic amide) rings is 1. The number of hydrogen-bond acceptors (Lipinski definition) is 6.